The third kappa shape index (κ3) is 2.51. The highest BCUT2D eigenvalue weighted by atomic mass is 32.1. The Morgan fingerprint density at radius 2 is 2.06 bits per heavy atom. The van der Waals surface area contributed by atoms with Crippen LogP contribution in [0.15, 0.2) is 60.3 Å². The van der Waals surface area contributed by atoms with Gasteiger partial charge in [0.15, 0.2) is 0 Å². The Kier molecular flexibility index (Phi) is 3.24. The Morgan fingerprint density at radius 3 is 2.72 bits per heavy atom. The van der Waals surface area contributed by atoms with Crippen molar-refractivity contribution in [3.8, 4) is 10.6 Å². The highest BCUT2D eigenvalue weighted by molar-refractivity contribution is 7.13. The van der Waals surface area contributed by atoms with Crippen molar-refractivity contribution < 1.29 is 0 Å². The van der Waals surface area contributed by atoms with E-state index in [1.807, 2.05) is 11.6 Å². The van der Waals surface area contributed by atoms with E-state index in [4.69, 9.17) is 0 Å². The summed E-state index contributed by atoms with van der Waals surface area (Å²) in [4.78, 5) is 6.61. The molecular formula is C15H14N2S. The van der Waals surface area contributed by atoms with Crippen LogP contribution in [0, 0.1) is 0 Å². The van der Waals surface area contributed by atoms with Gasteiger partial charge in [-0.2, -0.15) is 0 Å². The van der Waals surface area contributed by atoms with E-state index in [-0.39, 0.29) is 0 Å². The smallest absolute Gasteiger partial charge is 0.123 e. The van der Waals surface area contributed by atoms with Crippen molar-refractivity contribution in [1.29, 1.82) is 0 Å². The van der Waals surface area contributed by atoms with Crippen molar-refractivity contribution in [2.75, 3.05) is 6.54 Å². The molecule has 1 aromatic heterocycles. The standard InChI is InChI=1S/C15H14N2S/c1-2-9-17(10-3-1)12-13-4-6-14(7-5-13)15-16-8-11-18-15/h1-9,11H,10,12H2. The summed E-state index contributed by atoms with van der Waals surface area (Å²) < 4.78 is 0. The molecule has 0 spiro atoms. The molecule has 0 aliphatic carbocycles. The van der Waals surface area contributed by atoms with E-state index in [0.29, 0.717) is 0 Å². The minimum absolute atomic E-state index is 0.957. The van der Waals surface area contributed by atoms with Crippen molar-refractivity contribution in [1.82, 2.24) is 9.88 Å². The molecule has 3 heteroatoms. The average molecular weight is 254 g/mol. The predicted octanol–water partition coefficient (Wildman–Crippen LogP) is 3.70. The Bertz CT molecular complexity index is 553. The van der Waals surface area contributed by atoms with E-state index in [1.165, 1.54) is 11.1 Å². The normalized spacial score (nSPS) is 14.1. The lowest BCUT2D eigenvalue weighted by Gasteiger charge is -2.20. The van der Waals surface area contributed by atoms with Crippen LogP contribution in [0.25, 0.3) is 10.6 Å². The molecule has 0 saturated carbocycles. The number of hydrogen-bond acceptors (Lipinski definition) is 3. The highest BCUT2D eigenvalue weighted by Crippen LogP contribution is 2.22. The number of nitrogens with zero attached hydrogens (tertiary/aromatic N) is 2. The lowest BCUT2D eigenvalue weighted by atomic mass is 10.1. The van der Waals surface area contributed by atoms with E-state index in [9.17, 15) is 0 Å². The van der Waals surface area contributed by atoms with Crippen LogP contribution in [0.4, 0.5) is 0 Å². The van der Waals surface area contributed by atoms with E-state index in [2.05, 4.69) is 58.6 Å². The first kappa shape index (κ1) is 11.2. The molecule has 1 aliphatic heterocycles. The average Bonchev–Trinajstić information content (AvgIpc) is 2.95. The monoisotopic (exact) mass is 254 g/mol. The van der Waals surface area contributed by atoms with Crippen LogP contribution in [0.1, 0.15) is 5.56 Å². The van der Waals surface area contributed by atoms with Gasteiger partial charge in [0.25, 0.3) is 0 Å². The van der Waals surface area contributed by atoms with Gasteiger partial charge in [-0.3, -0.25) is 0 Å². The molecule has 0 atom stereocenters. The number of hydrogen-bond donors (Lipinski definition) is 0. The van der Waals surface area contributed by atoms with Gasteiger partial charge in [0.05, 0.1) is 0 Å². The van der Waals surface area contributed by atoms with Gasteiger partial charge in [0, 0.05) is 30.2 Å². The first-order chi connectivity index (χ1) is 8.92. The third-order valence-electron chi connectivity index (χ3n) is 2.90. The second-order valence-electron chi connectivity index (χ2n) is 4.23. The summed E-state index contributed by atoms with van der Waals surface area (Å²) >= 11 is 1.68. The van der Waals surface area contributed by atoms with Crippen molar-refractivity contribution in [3.63, 3.8) is 0 Å². The van der Waals surface area contributed by atoms with E-state index in [0.717, 1.165) is 18.1 Å². The highest BCUT2D eigenvalue weighted by Gasteiger charge is 2.03. The molecule has 0 N–H and O–H groups in total. The maximum absolute atomic E-state index is 4.32. The van der Waals surface area contributed by atoms with Gasteiger partial charge in [-0.15, -0.1) is 11.3 Å². The summed E-state index contributed by atoms with van der Waals surface area (Å²) in [7, 11) is 0. The van der Waals surface area contributed by atoms with Crippen LogP contribution in [0.5, 0.6) is 0 Å². The second kappa shape index (κ2) is 5.19. The van der Waals surface area contributed by atoms with Crippen molar-refractivity contribution in [2.24, 2.45) is 0 Å². The van der Waals surface area contributed by atoms with Gasteiger partial charge in [0.2, 0.25) is 0 Å². The molecule has 2 nitrogen and oxygen atoms in total. The van der Waals surface area contributed by atoms with E-state index in [1.54, 1.807) is 11.3 Å². The zero-order valence-electron chi connectivity index (χ0n) is 9.99. The zero-order valence-corrected chi connectivity index (χ0v) is 10.8. The molecule has 0 saturated heterocycles. The van der Waals surface area contributed by atoms with E-state index >= 15 is 0 Å². The summed E-state index contributed by atoms with van der Waals surface area (Å²) in [6.07, 6.45) is 10.3. The van der Waals surface area contributed by atoms with Crippen LogP contribution in [0.3, 0.4) is 0 Å². The first-order valence-corrected chi connectivity index (χ1v) is 6.86. The molecule has 0 radical (unpaired) electrons. The summed E-state index contributed by atoms with van der Waals surface area (Å²) in [5.41, 5.74) is 2.53. The molecule has 90 valence electrons. The Labute approximate surface area is 111 Å². The molecule has 2 heterocycles. The number of allylic oxidation sites excluding steroid dienone is 2. The predicted molar refractivity (Wildman–Crippen MR) is 76.2 cm³/mol. The Morgan fingerprint density at radius 1 is 1.17 bits per heavy atom. The van der Waals surface area contributed by atoms with Crippen LogP contribution in [-0.2, 0) is 6.54 Å². The SMILES string of the molecule is C1=CCN(Cc2ccc(-c3nccs3)cc2)C=C1. The number of aromatic nitrogens is 1. The lowest BCUT2D eigenvalue weighted by molar-refractivity contribution is 0.405. The Balaban J connectivity index is 1.71. The van der Waals surface area contributed by atoms with Gasteiger partial charge >= 0.3 is 0 Å². The van der Waals surface area contributed by atoms with Gasteiger partial charge in [-0.05, 0) is 17.8 Å². The van der Waals surface area contributed by atoms with Crippen molar-refractivity contribution in [2.45, 2.75) is 6.54 Å². The molecule has 2 aromatic rings. The number of thiazole rings is 1. The molecule has 0 fully saturated rings. The van der Waals surface area contributed by atoms with Gasteiger partial charge < -0.3 is 4.90 Å². The molecule has 1 aliphatic rings. The molecule has 3 rings (SSSR count). The number of rotatable bonds is 3. The van der Waals surface area contributed by atoms with Gasteiger partial charge in [0.1, 0.15) is 5.01 Å². The Hall–Kier alpha value is -1.87. The zero-order chi connectivity index (χ0) is 12.2. The minimum Gasteiger partial charge on any atom is -0.369 e. The maximum atomic E-state index is 4.32. The summed E-state index contributed by atoms with van der Waals surface area (Å²) in [6, 6.07) is 8.67. The lowest BCUT2D eigenvalue weighted by Crippen LogP contribution is -2.17. The largest absolute Gasteiger partial charge is 0.369 e. The molecule has 0 bridgehead atoms. The molecule has 0 unspecified atom stereocenters. The second-order valence-corrected chi connectivity index (χ2v) is 5.13. The molecule has 1 aromatic carbocycles. The summed E-state index contributed by atoms with van der Waals surface area (Å²) in [5, 5.41) is 3.09. The van der Waals surface area contributed by atoms with Crippen LogP contribution >= 0.6 is 11.3 Å². The van der Waals surface area contributed by atoms with Crippen LogP contribution < -0.4 is 0 Å². The molecule has 0 amide bonds. The van der Waals surface area contributed by atoms with Crippen LogP contribution in [0.2, 0.25) is 0 Å². The fourth-order valence-corrected chi connectivity index (χ4v) is 2.62. The van der Waals surface area contributed by atoms with Crippen LogP contribution in [-0.4, -0.2) is 16.4 Å². The van der Waals surface area contributed by atoms with E-state index < -0.39 is 0 Å². The quantitative estimate of drug-likeness (QED) is 0.830. The third-order valence-corrected chi connectivity index (χ3v) is 3.73. The molecular weight excluding hydrogens is 240 g/mol. The summed E-state index contributed by atoms with van der Waals surface area (Å²) in [5.74, 6) is 0. The van der Waals surface area contributed by atoms with Gasteiger partial charge in [-0.1, -0.05) is 36.4 Å². The van der Waals surface area contributed by atoms with Crippen molar-refractivity contribution >= 4 is 11.3 Å². The topological polar surface area (TPSA) is 16.1 Å². The minimum atomic E-state index is 0.957. The first-order valence-electron chi connectivity index (χ1n) is 5.98. The number of benzene rings is 1. The summed E-state index contributed by atoms with van der Waals surface area (Å²) in [6.45, 7) is 1.95. The van der Waals surface area contributed by atoms with Gasteiger partial charge in [-0.25, -0.2) is 4.98 Å². The molecule has 18 heavy (non-hydrogen) atoms. The fraction of sp³-hybridized carbons (Fsp3) is 0.133. The fourth-order valence-electron chi connectivity index (χ4n) is 1.98. The maximum Gasteiger partial charge on any atom is 0.123 e. The van der Waals surface area contributed by atoms with Crippen molar-refractivity contribution in [3.05, 3.63) is 65.8 Å².